The summed E-state index contributed by atoms with van der Waals surface area (Å²) in [5.41, 5.74) is 0.141. The molecular weight excluding hydrogens is 294 g/mol. The molecule has 0 aliphatic carbocycles. The summed E-state index contributed by atoms with van der Waals surface area (Å²) in [7, 11) is -3.40. The smallest absolute Gasteiger partial charge is 0.335 e. The van der Waals surface area contributed by atoms with Gasteiger partial charge in [-0.25, -0.2) is 17.9 Å². The SMILES string of the molecule is CCS(=O)(=O)NC1CC(C)(C)Oc2ccc(C(=O)O)cc21. The third-order valence-electron chi connectivity index (χ3n) is 3.42. The Bertz CT molecular complexity index is 666. The first-order valence-corrected chi connectivity index (χ1v) is 8.35. The van der Waals surface area contributed by atoms with Crippen LogP contribution < -0.4 is 9.46 Å². The van der Waals surface area contributed by atoms with E-state index in [1.54, 1.807) is 13.0 Å². The van der Waals surface area contributed by atoms with Gasteiger partial charge in [0.2, 0.25) is 10.0 Å². The Morgan fingerprint density at radius 3 is 2.71 bits per heavy atom. The molecule has 0 aromatic heterocycles. The van der Waals surface area contributed by atoms with Crippen molar-refractivity contribution in [3.8, 4) is 5.75 Å². The van der Waals surface area contributed by atoms with Crippen LogP contribution in [0.3, 0.4) is 0 Å². The van der Waals surface area contributed by atoms with E-state index in [4.69, 9.17) is 9.84 Å². The number of nitrogens with one attached hydrogen (secondary N) is 1. The van der Waals surface area contributed by atoms with Gasteiger partial charge in [-0.3, -0.25) is 0 Å². The van der Waals surface area contributed by atoms with E-state index in [-0.39, 0.29) is 11.3 Å². The molecule has 2 N–H and O–H groups in total. The fraction of sp³-hybridized carbons (Fsp3) is 0.500. The van der Waals surface area contributed by atoms with E-state index in [9.17, 15) is 13.2 Å². The monoisotopic (exact) mass is 313 g/mol. The van der Waals surface area contributed by atoms with Gasteiger partial charge < -0.3 is 9.84 Å². The van der Waals surface area contributed by atoms with Gasteiger partial charge in [-0.05, 0) is 39.0 Å². The summed E-state index contributed by atoms with van der Waals surface area (Å²) in [6.07, 6.45) is 0.433. The molecule has 1 aromatic rings. The molecule has 7 heteroatoms. The number of rotatable bonds is 4. The molecule has 0 saturated heterocycles. The third-order valence-corrected chi connectivity index (χ3v) is 4.82. The van der Waals surface area contributed by atoms with Gasteiger partial charge in [0.25, 0.3) is 0 Å². The summed E-state index contributed by atoms with van der Waals surface area (Å²) < 4.78 is 32.1. The Kier molecular flexibility index (Phi) is 3.99. The summed E-state index contributed by atoms with van der Waals surface area (Å²) in [5, 5.41) is 9.07. The highest BCUT2D eigenvalue weighted by Gasteiger charge is 2.35. The van der Waals surface area contributed by atoms with Crippen LogP contribution in [-0.4, -0.2) is 30.8 Å². The van der Waals surface area contributed by atoms with Crippen LogP contribution in [0.1, 0.15) is 49.2 Å². The number of carbonyl (C=O) groups is 1. The molecule has 1 aromatic carbocycles. The van der Waals surface area contributed by atoms with Crippen molar-refractivity contribution < 1.29 is 23.1 Å². The van der Waals surface area contributed by atoms with E-state index in [2.05, 4.69) is 4.72 Å². The van der Waals surface area contributed by atoms with Crippen molar-refractivity contribution in [1.29, 1.82) is 0 Å². The van der Waals surface area contributed by atoms with Crippen LogP contribution >= 0.6 is 0 Å². The second kappa shape index (κ2) is 5.31. The zero-order valence-electron chi connectivity index (χ0n) is 12.2. The normalized spacial score (nSPS) is 20.4. The van der Waals surface area contributed by atoms with E-state index in [0.717, 1.165) is 0 Å². The average Bonchev–Trinajstić information content (AvgIpc) is 2.36. The fourth-order valence-corrected chi connectivity index (χ4v) is 3.20. The van der Waals surface area contributed by atoms with Gasteiger partial charge in [0.1, 0.15) is 11.4 Å². The molecule has 6 nitrogen and oxygen atoms in total. The van der Waals surface area contributed by atoms with Crippen LogP contribution in [0.5, 0.6) is 5.75 Å². The number of fused-ring (bicyclic) bond motifs is 1. The lowest BCUT2D eigenvalue weighted by molar-refractivity contribution is 0.0683. The maximum absolute atomic E-state index is 11.8. The first-order valence-electron chi connectivity index (χ1n) is 6.70. The van der Waals surface area contributed by atoms with Gasteiger partial charge in [0.15, 0.2) is 0 Å². The molecule has 2 rings (SSSR count). The van der Waals surface area contributed by atoms with E-state index < -0.39 is 27.6 Å². The number of carboxylic acid groups (broad SMARTS) is 1. The molecule has 116 valence electrons. The second-order valence-electron chi connectivity index (χ2n) is 5.70. The maximum atomic E-state index is 11.8. The van der Waals surface area contributed by atoms with E-state index in [0.29, 0.717) is 17.7 Å². The Morgan fingerprint density at radius 2 is 2.14 bits per heavy atom. The Balaban J connectivity index is 2.47. The van der Waals surface area contributed by atoms with Crippen LogP contribution in [-0.2, 0) is 10.0 Å². The highest BCUT2D eigenvalue weighted by molar-refractivity contribution is 7.89. The van der Waals surface area contributed by atoms with Gasteiger partial charge in [0, 0.05) is 12.0 Å². The summed E-state index contributed by atoms with van der Waals surface area (Å²) >= 11 is 0. The predicted octanol–water partition coefficient (Wildman–Crippen LogP) is 1.93. The number of carboxylic acids is 1. The minimum atomic E-state index is -3.40. The number of sulfonamides is 1. The summed E-state index contributed by atoms with van der Waals surface area (Å²) in [6, 6.07) is 4.00. The molecule has 0 saturated carbocycles. The molecule has 0 radical (unpaired) electrons. The first-order chi connectivity index (χ1) is 9.63. The molecule has 21 heavy (non-hydrogen) atoms. The van der Waals surface area contributed by atoms with Crippen molar-refractivity contribution in [2.24, 2.45) is 0 Å². The first kappa shape index (κ1) is 15.8. The highest BCUT2D eigenvalue weighted by Crippen LogP contribution is 2.40. The second-order valence-corrected chi connectivity index (χ2v) is 7.74. The lowest BCUT2D eigenvalue weighted by atomic mass is 9.89. The highest BCUT2D eigenvalue weighted by atomic mass is 32.2. The van der Waals surface area contributed by atoms with Gasteiger partial charge >= 0.3 is 5.97 Å². The summed E-state index contributed by atoms with van der Waals surface area (Å²) in [4.78, 5) is 11.1. The van der Waals surface area contributed by atoms with E-state index in [1.807, 2.05) is 13.8 Å². The van der Waals surface area contributed by atoms with Gasteiger partial charge in [-0.2, -0.15) is 0 Å². The maximum Gasteiger partial charge on any atom is 0.335 e. The third kappa shape index (κ3) is 3.54. The molecule has 1 aliphatic heterocycles. The quantitative estimate of drug-likeness (QED) is 0.886. The van der Waals surface area contributed by atoms with Crippen molar-refractivity contribution in [3.63, 3.8) is 0 Å². The number of hydrogen-bond donors (Lipinski definition) is 2. The van der Waals surface area contributed by atoms with Gasteiger partial charge in [0.05, 0.1) is 17.4 Å². The number of hydrogen-bond acceptors (Lipinski definition) is 4. The topological polar surface area (TPSA) is 92.7 Å². The van der Waals surface area contributed by atoms with Gasteiger partial charge in [-0.1, -0.05) is 0 Å². The van der Waals surface area contributed by atoms with Crippen molar-refractivity contribution >= 4 is 16.0 Å². The molecule has 1 aliphatic rings. The molecule has 0 spiro atoms. The molecule has 0 amide bonds. The van der Waals surface area contributed by atoms with Crippen molar-refractivity contribution in [2.75, 3.05) is 5.75 Å². The molecule has 1 heterocycles. The standard InChI is InChI=1S/C14H19NO5S/c1-4-21(18,19)15-11-8-14(2,3)20-12-6-5-9(13(16)17)7-10(11)12/h5-7,11,15H,4,8H2,1-3H3,(H,16,17). The largest absolute Gasteiger partial charge is 0.487 e. The molecule has 1 atom stereocenters. The number of ether oxygens (including phenoxy) is 1. The van der Waals surface area contributed by atoms with Crippen molar-refractivity contribution in [1.82, 2.24) is 4.72 Å². The molecule has 0 bridgehead atoms. The molecule has 0 fully saturated rings. The Morgan fingerprint density at radius 1 is 1.48 bits per heavy atom. The number of aromatic carboxylic acids is 1. The summed E-state index contributed by atoms with van der Waals surface area (Å²) in [5.74, 6) is -0.571. The Labute approximate surface area is 124 Å². The lowest BCUT2D eigenvalue weighted by Gasteiger charge is -2.37. The van der Waals surface area contributed by atoms with Gasteiger partial charge in [-0.15, -0.1) is 0 Å². The van der Waals surface area contributed by atoms with Crippen molar-refractivity contribution in [2.45, 2.75) is 38.8 Å². The average molecular weight is 313 g/mol. The summed E-state index contributed by atoms with van der Waals surface area (Å²) in [6.45, 7) is 5.30. The zero-order valence-corrected chi connectivity index (χ0v) is 13.0. The van der Waals surface area contributed by atoms with Crippen LogP contribution in [0.15, 0.2) is 18.2 Å². The predicted molar refractivity (Wildman–Crippen MR) is 78.1 cm³/mol. The van der Waals surface area contributed by atoms with Crippen LogP contribution in [0, 0.1) is 0 Å². The van der Waals surface area contributed by atoms with Crippen molar-refractivity contribution in [3.05, 3.63) is 29.3 Å². The van der Waals surface area contributed by atoms with E-state index in [1.165, 1.54) is 12.1 Å². The number of benzene rings is 1. The Hall–Kier alpha value is -1.60. The molecular formula is C14H19NO5S. The van der Waals surface area contributed by atoms with Crippen LogP contribution in [0.4, 0.5) is 0 Å². The van der Waals surface area contributed by atoms with Crippen LogP contribution in [0.2, 0.25) is 0 Å². The molecule has 1 unspecified atom stereocenters. The van der Waals surface area contributed by atoms with E-state index >= 15 is 0 Å². The van der Waals surface area contributed by atoms with Crippen LogP contribution in [0.25, 0.3) is 0 Å². The fourth-order valence-electron chi connectivity index (χ4n) is 2.39. The minimum absolute atomic E-state index is 0.0290. The lowest BCUT2D eigenvalue weighted by Crippen LogP contribution is -2.41. The minimum Gasteiger partial charge on any atom is -0.487 e. The zero-order chi connectivity index (χ0) is 15.8.